The number of aryl methyl sites for hydroxylation is 1. The van der Waals surface area contributed by atoms with Gasteiger partial charge in [0.1, 0.15) is 17.4 Å². The summed E-state index contributed by atoms with van der Waals surface area (Å²) in [5.41, 5.74) is -0.223. The van der Waals surface area contributed by atoms with Gasteiger partial charge in [0, 0.05) is 23.6 Å². The van der Waals surface area contributed by atoms with Gasteiger partial charge < -0.3 is 19.9 Å². The molecule has 0 amide bonds. The number of hydrogen-bond acceptors (Lipinski definition) is 5. The maximum Gasteiger partial charge on any atom is 0.416 e. The smallest absolute Gasteiger partial charge is 0.416 e. The number of ether oxygens (including phenoxy) is 1. The van der Waals surface area contributed by atoms with Gasteiger partial charge in [-0.2, -0.15) is 26.3 Å². The highest BCUT2D eigenvalue weighted by atomic mass is 19.4. The predicted octanol–water partition coefficient (Wildman–Crippen LogP) is 7.11. The van der Waals surface area contributed by atoms with Crippen LogP contribution in [0.2, 0.25) is 0 Å². The molecule has 12 heteroatoms. The van der Waals surface area contributed by atoms with Gasteiger partial charge in [0.2, 0.25) is 0 Å². The maximum absolute atomic E-state index is 13.5. The molecule has 2 heterocycles. The van der Waals surface area contributed by atoms with Gasteiger partial charge in [-0.3, -0.25) is 0 Å². The second-order valence-corrected chi connectivity index (χ2v) is 7.76. The lowest BCUT2D eigenvalue weighted by molar-refractivity contribution is -0.138. The summed E-state index contributed by atoms with van der Waals surface area (Å²) in [6, 6.07) is 10.5. The van der Waals surface area contributed by atoms with Crippen LogP contribution in [0.5, 0.6) is 5.75 Å². The molecule has 0 fully saturated rings. The summed E-state index contributed by atoms with van der Waals surface area (Å²) >= 11 is 0. The third kappa shape index (κ3) is 5.70. The van der Waals surface area contributed by atoms with E-state index >= 15 is 0 Å². The first kappa shape index (κ1) is 24.9. The molecule has 0 bridgehead atoms. The Labute approximate surface area is 201 Å². The van der Waals surface area contributed by atoms with E-state index in [1.165, 1.54) is 13.2 Å². The monoisotopic (exact) mass is 507 g/mol. The lowest BCUT2D eigenvalue weighted by Crippen LogP contribution is -2.09. The van der Waals surface area contributed by atoms with Crippen LogP contribution in [0.15, 0.2) is 67.1 Å². The van der Waals surface area contributed by atoms with Crippen LogP contribution in [-0.2, 0) is 12.4 Å². The summed E-state index contributed by atoms with van der Waals surface area (Å²) in [7, 11) is 1.45. The average molecular weight is 507 g/mol. The Hall–Kier alpha value is -4.22. The molecular formula is C24H19F6N5O. The fourth-order valence-corrected chi connectivity index (χ4v) is 3.41. The van der Waals surface area contributed by atoms with Crippen molar-refractivity contribution in [3.8, 4) is 11.4 Å². The molecule has 0 atom stereocenters. The third-order valence-electron chi connectivity index (χ3n) is 5.06. The summed E-state index contributed by atoms with van der Waals surface area (Å²) in [5.74, 6) is -0.0385. The zero-order chi connectivity index (χ0) is 26.1. The van der Waals surface area contributed by atoms with Crippen molar-refractivity contribution in [2.24, 2.45) is 0 Å². The molecule has 6 nitrogen and oxygen atoms in total. The van der Waals surface area contributed by atoms with E-state index in [0.717, 1.165) is 36.0 Å². The fraction of sp³-hybridized carbons (Fsp3) is 0.167. The number of anilines is 4. The molecule has 0 spiro atoms. The van der Waals surface area contributed by atoms with Crippen molar-refractivity contribution in [2.75, 3.05) is 17.7 Å². The predicted molar refractivity (Wildman–Crippen MR) is 122 cm³/mol. The molecule has 2 aromatic carbocycles. The third-order valence-corrected chi connectivity index (χ3v) is 5.06. The molecule has 0 aliphatic carbocycles. The van der Waals surface area contributed by atoms with Crippen LogP contribution < -0.4 is 15.4 Å². The van der Waals surface area contributed by atoms with Gasteiger partial charge >= 0.3 is 12.4 Å². The number of imidazole rings is 1. The van der Waals surface area contributed by atoms with Crippen molar-refractivity contribution in [1.29, 1.82) is 0 Å². The summed E-state index contributed by atoms with van der Waals surface area (Å²) in [4.78, 5) is 8.27. The zero-order valence-corrected chi connectivity index (χ0v) is 18.9. The van der Waals surface area contributed by atoms with Crippen molar-refractivity contribution in [3.63, 3.8) is 0 Å². The van der Waals surface area contributed by atoms with E-state index in [1.54, 1.807) is 35.3 Å². The Kier molecular flexibility index (Phi) is 6.53. The number of halogens is 6. The minimum absolute atomic E-state index is 0.0655. The lowest BCUT2D eigenvalue weighted by Gasteiger charge is -2.16. The van der Waals surface area contributed by atoms with Crippen LogP contribution in [0.3, 0.4) is 0 Å². The first-order chi connectivity index (χ1) is 16.9. The maximum atomic E-state index is 13.5. The lowest BCUT2D eigenvalue weighted by atomic mass is 10.2. The summed E-state index contributed by atoms with van der Waals surface area (Å²) in [6.07, 6.45) is -5.94. The van der Waals surface area contributed by atoms with E-state index in [1.807, 2.05) is 6.92 Å². The summed E-state index contributed by atoms with van der Waals surface area (Å²) in [5, 5.41) is 5.33. The van der Waals surface area contributed by atoms with Crippen molar-refractivity contribution >= 4 is 23.0 Å². The van der Waals surface area contributed by atoms with Gasteiger partial charge in [-0.25, -0.2) is 9.97 Å². The highest BCUT2D eigenvalue weighted by molar-refractivity contribution is 5.66. The molecular weight excluding hydrogens is 488 g/mol. The van der Waals surface area contributed by atoms with Crippen LogP contribution in [0.1, 0.15) is 16.8 Å². The molecule has 36 heavy (non-hydrogen) atoms. The van der Waals surface area contributed by atoms with Gasteiger partial charge in [-0.1, -0.05) is 6.07 Å². The zero-order valence-electron chi connectivity index (χ0n) is 18.9. The standard InChI is InChI=1S/C24H19F6N5O/c1-14-12-35(13-31-14)19-7-6-18(11-20(19)36-2)33-22-10-16(24(28,29)30)9-21(34-22)32-17-5-3-4-15(8-17)23(25,26)27/h3-13H,1-2H3,(H2,32,33,34). The van der Waals surface area contributed by atoms with Crippen molar-refractivity contribution in [3.05, 3.63) is 83.9 Å². The molecule has 0 saturated carbocycles. The number of benzene rings is 2. The molecule has 2 aromatic heterocycles. The van der Waals surface area contributed by atoms with Gasteiger partial charge in [0.15, 0.2) is 0 Å². The van der Waals surface area contributed by atoms with Gasteiger partial charge in [-0.15, -0.1) is 0 Å². The Morgan fingerprint density at radius 1 is 0.806 bits per heavy atom. The normalized spacial score (nSPS) is 11.9. The summed E-state index contributed by atoms with van der Waals surface area (Å²) in [6.45, 7) is 1.82. The number of aromatic nitrogens is 3. The van der Waals surface area contributed by atoms with Gasteiger partial charge in [0.05, 0.1) is 35.9 Å². The minimum Gasteiger partial charge on any atom is -0.494 e. The fourth-order valence-electron chi connectivity index (χ4n) is 3.41. The largest absolute Gasteiger partial charge is 0.494 e. The molecule has 2 N–H and O–H groups in total. The highest BCUT2D eigenvalue weighted by Gasteiger charge is 2.32. The summed E-state index contributed by atoms with van der Waals surface area (Å²) < 4.78 is 86.8. The number of alkyl halides is 6. The second-order valence-electron chi connectivity index (χ2n) is 7.76. The van der Waals surface area contributed by atoms with Crippen LogP contribution >= 0.6 is 0 Å². The number of pyridine rings is 1. The topological polar surface area (TPSA) is 64.0 Å². The van der Waals surface area contributed by atoms with Crippen molar-refractivity contribution in [2.45, 2.75) is 19.3 Å². The van der Waals surface area contributed by atoms with E-state index in [4.69, 9.17) is 4.74 Å². The quantitative estimate of drug-likeness (QED) is 0.273. The SMILES string of the molecule is COc1cc(Nc2cc(C(F)(F)F)cc(Nc3cccc(C(F)(F)F)c3)n2)ccc1-n1cnc(C)c1. The Bertz CT molecular complexity index is 1380. The van der Waals surface area contributed by atoms with Crippen LogP contribution in [0.4, 0.5) is 49.4 Å². The molecule has 0 radical (unpaired) electrons. The number of rotatable bonds is 6. The van der Waals surface area contributed by atoms with Crippen molar-refractivity contribution in [1.82, 2.24) is 14.5 Å². The van der Waals surface area contributed by atoms with E-state index in [0.29, 0.717) is 17.1 Å². The Morgan fingerprint density at radius 3 is 2.00 bits per heavy atom. The Balaban J connectivity index is 1.66. The van der Waals surface area contributed by atoms with E-state index in [-0.39, 0.29) is 17.3 Å². The molecule has 0 aliphatic heterocycles. The molecule has 188 valence electrons. The van der Waals surface area contributed by atoms with Crippen molar-refractivity contribution < 1.29 is 31.1 Å². The van der Waals surface area contributed by atoms with E-state index in [9.17, 15) is 26.3 Å². The van der Waals surface area contributed by atoms with Crippen LogP contribution in [0.25, 0.3) is 5.69 Å². The first-order valence-corrected chi connectivity index (χ1v) is 10.4. The average Bonchev–Trinajstić information content (AvgIpc) is 3.24. The Morgan fingerprint density at radius 2 is 1.44 bits per heavy atom. The highest BCUT2D eigenvalue weighted by Crippen LogP contribution is 2.35. The van der Waals surface area contributed by atoms with E-state index < -0.39 is 23.5 Å². The minimum atomic E-state index is -4.72. The molecule has 0 saturated heterocycles. The van der Waals surface area contributed by atoms with Gasteiger partial charge in [-0.05, 0) is 49.4 Å². The first-order valence-electron chi connectivity index (χ1n) is 10.4. The number of hydrogen-bond donors (Lipinski definition) is 2. The number of nitrogens with one attached hydrogen (secondary N) is 2. The van der Waals surface area contributed by atoms with E-state index in [2.05, 4.69) is 20.6 Å². The second kappa shape index (κ2) is 9.44. The molecule has 0 aliphatic rings. The molecule has 4 rings (SSSR count). The van der Waals surface area contributed by atoms with Gasteiger partial charge in [0.25, 0.3) is 0 Å². The molecule has 0 unspecified atom stereocenters. The molecule has 4 aromatic rings. The number of methoxy groups -OCH3 is 1. The number of nitrogens with zero attached hydrogens (tertiary/aromatic N) is 3. The van der Waals surface area contributed by atoms with Crippen LogP contribution in [-0.4, -0.2) is 21.6 Å². The van der Waals surface area contributed by atoms with Crippen LogP contribution in [0, 0.1) is 6.92 Å².